The number of hydrogen-bond donors (Lipinski definition) is 2. The van der Waals surface area contributed by atoms with Gasteiger partial charge < -0.3 is 14.6 Å². The summed E-state index contributed by atoms with van der Waals surface area (Å²) < 4.78 is 23.1. The Morgan fingerprint density at radius 1 is 1.40 bits per heavy atom. The number of benzene rings is 1. The summed E-state index contributed by atoms with van der Waals surface area (Å²) in [6.45, 7) is 2.08. The highest BCUT2D eigenvalue weighted by Gasteiger charge is 2.15. The van der Waals surface area contributed by atoms with E-state index in [4.69, 9.17) is 0 Å². The van der Waals surface area contributed by atoms with Crippen molar-refractivity contribution in [3.63, 3.8) is 0 Å². The van der Waals surface area contributed by atoms with E-state index in [-0.39, 0.29) is 0 Å². The zero-order valence-corrected chi connectivity index (χ0v) is 9.05. The maximum absolute atomic E-state index is 10.4. The van der Waals surface area contributed by atoms with Crippen LogP contribution in [0.3, 0.4) is 0 Å². The van der Waals surface area contributed by atoms with Crippen LogP contribution in [0.15, 0.2) is 24.3 Å². The van der Waals surface area contributed by atoms with Crippen LogP contribution in [-0.4, -0.2) is 21.9 Å². The second-order valence-corrected chi connectivity index (χ2v) is 4.32. The average molecular weight is 225 g/mol. The lowest BCUT2D eigenvalue weighted by Crippen LogP contribution is -2.08. The Morgan fingerprint density at radius 2 is 2.13 bits per heavy atom. The molecule has 4 nitrogen and oxygen atoms in total. The molecule has 1 heterocycles. The lowest BCUT2D eigenvalue weighted by Gasteiger charge is -2.11. The Morgan fingerprint density at radius 3 is 2.67 bits per heavy atom. The fourth-order valence-corrected chi connectivity index (χ4v) is 2.19. The molecule has 1 aromatic carbocycles. The molecule has 82 valence electrons. The van der Waals surface area contributed by atoms with Crippen LogP contribution in [0.2, 0.25) is 0 Å². The highest BCUT2D eigenvalue weighted by atomic mass is 32.2. The second-order valence-electron chi connectivity index (χ2n) is 3.65. The van der Waals surface area contributed by atoms with E-state index in [0.29, 0.717) is 11.6 Å². The molecule has 0 saturated carbocycles. The van der Waals surface area contributed by atoms with Gasteiger partial charge in [-0.25, -0.2) is 0 Å². The third kappa shape index (κ3) is 2.77. The van der Waals surface area contributed by atoms with Gasteiger partial charge in [0.25, 0.3) is 0 Å². The largest absolute Gasteiger partial charge is 0.755 e. The molecule has 1 aromatic rings. The molecule has 5 heteroatoms. The molecule has 2 N–H and O–H groups in total. The fourth-order valence-electron chi connectivity index (χ4n) is 1.86. The molecule has 0 aliphatic carbocycles. The van der Waals surface area contributed by atoms with E-state index in [0.717, 1.165) is 19.5 Å². The van der Waals surface area contributed by atoms with Crippen LogP contribution in [0.25, 0.3) is 0 Å². The first-order valence-corrected chi connectivity index (χ1v) is 6.00. The van der Waals surface area contributed by atoms with Gasteiger partial charge in [0.1, 0.15) is 0 Å². The first-order valence-electron chi connectivity index (χ1n) is 4.92. The Balaban J connectivity index is 2.06. The molecule has 1 unspecified atom stereocenters. The van der Waals surface area contributed by atoms with Crippen LogP contribution in [0, 0.1) is 0 Å². The molecule has 0 aromatic heterocycles. The standard InChI is InChI=1S/C10H14N2O2S/c13-15(14)12-10-3-1-8(2-4-10)9-5-6-11-7-9/h1-4,9,11-12H,5-7H2,(H,13,14)/p-1/t9-/m0/s1. The molecule has 2 rings (SSSR count). The molecule has 2 atom stereocenters. The molecule has 1 saturated heterocycles. The smallest absolute Gasteiger partial charge is 0.0452 e. The predicted molar refractivity (Wildman–Crippen MR) is 59.2 cm³/mol. The van der Waals surface area contributed by atoms with Crippen molar-refractivity contribution < 1.29 is 8.76 Å². The van der Waals surface area contributed by atoms with Gasteiger partial charge in [-0.2, -0.15) is 0 Å². The lowest BCUT2D eigenvalue weighted by molar-refractivity contribution is 0.542. The zero-order chi connectivity index (χ0) is 10.7. The summed E-state index contributed by atoms with van der Waals surface area (Å²) in [5.41, 5.74) is 1.88. The van der Waals surface area contributed by atoms with E-state index in [1.54, 1.807) is 12.1 Å². The van der Waals surface area contributed by atoms with Crippen LogP contribution in [0.5, 0.6) is 0 Å². The molecule has 0 bridgehead atoms. The van der Waals surface area contributed by atoms with E-state index in [9.17, 15) is 8.76 Å². The van der Waals surface area contributed by atoms with E-state index in [1.807, 2.05) is 12.1 Å². The summed E-state index contributed by atoms with van der Waals surface area (Å²) in [6.07, 6.45) is 1.15. The van der Waals surface area contributed by atoms with E-state index in [2.05, 4.69) is 10.0 Å². The Labute approximate surface area is 91.5 Å². The maximum atomic E-state index is 10.4. The normalized spacial score (nSPS) is 22.6. The van der Waals surface area contributed by atoms with E-state index >= 15 is 0 Å². The van der Waals surface area contributed by atoms with Crippen LogP contribution < -0.4 is 10.0 Å². The van der Waals surface area contributed by atoms with E-state index < -0.39 is 11.3 Å². The summed E-state index contributed by atoms with van der Waals surface area (Å²) in [5.74, 6) is 0.566. The summed E-state index contributed by atoms with van der Waals surface area (Å²) in [4.78, 5) is 0. The zero-order valence-electron chi connectivity index (χ0n) is 8.23. The second kappa shape index (κ2) is 4.74. The fraction of sp³-hybridized carbons (Fsp3) is 0.400. The van der Waals surface area contributed by atoms with E-state index in [1.165, 1.54) is 5.56 Å². The van der Waals surface area contributed by atoms with Crippen molar-refractivity contribution >= 4 is 17.0 Å². The highest BCUT2D eigenvalue weighted by Crippen LogP contribution is 2.23. The third-order valence-electron chi connectivity index (χ3n) is 2.64. The number of anilines is 1. The van der Waals surface area contributed by atoms with Gasteiger partial charge in [0.05, 0.1) is 0 Å². The minimum absolute atomic E-state index is 0.566. The minimum Gasteiger partial charge on any atom is -0.755 e. The van der Waals surface area contributed by atoms with Crippen molar-refractivity contribution in [1.82, 2.24) is 5.32 Å². The van der Waals surface area contributed by atoms with Gasteiger partial charge in [-0.1, -0.05) is 12.1 Å². The third-order valence-corrected chi connectivity index (χ3v) is 3.05. The van der Waals surface area contributed by atoms with Gasteiger partial charge in [0, 0.05) is 23.5 Å². The summed E-state index contributed by atoms with van der Waals surface area (Å²) in [7, 11) is 0. The van der Waals surface area contributed by atoms with Crippen LogP contribution in [0.4, 0.5) is 5.69 Å². The summed E-state index contributed by atoms with van der Waals surface area (Å²) >= 11 is -2.24. The molecule has 0 spiro atoms. The van der Waals surface area contributed by atoms with Crippen molar-refractivity contribution in [3.8, 4) is 0 Å². The number of nitrogens with one attached hydrogen (secondary N) is 2. The maximum Gasteiger partial charge on any atom is 0.0452 e. The first-order chi connectivity index (χ1) is 7.25. The Kier molecular flexibility index (Phi) is 3.35. The summed E-state index contributed by atoms with van der Waals surface area (Å²) in [6, 6.07) is 7.55. The molecule has 15 heavy (non-hydrogen) atoms. The van der Waals surface area contributed by atoms with Crippen molar-refractivity contribution in [2.45, 2.75) is 12.3 Å². The van der Waals surface area contributed by atoms with Gasteiger partial charge >= 0.3 is 0 Å². The first kappa shape index (κ1) is 10.6. The molecule has 1 fully saturated rings. The number of hydrogen-bond acceptors (Lipinski definition) is 3. The van der Waals surface area contributed by atoms with Crippen molar-refractivity contribution in [2.75, 3.05) is 17.8 Å². The van der Waals surface area contributed by atoms with Crippen molar-refractivity contribution in [2.24, 2.45) is 0 Å². The van der Waals surface area contributed by atoms with Crippen LogP contribution in [-0.2, 0) is 11.3 Å². The molecular formula is C10H13N2O2S-. The van der Waals surface area contributed by atoms with Gasteiger partial charge in [-0.05, 0) is 36.6 Å². The van der Waals surface area contributed by atoms with Crippen LogP contribution >= 0.6 is 0 Å². The minimum atomic E-state index is -2.24. The van der Waals surface area contributed by atoms with Crippen LogP contribution in [0.1, 0.15) is 17.9 Å². The van der Waals surface area contributed by atoms with Gasteiger partial charge in [0.2, 0.25) is 0 Å². The molecule has 1 aliphatic heterocycles. The Hall–Kier alpha value is -0.910. The van der Waals surface area contributed by atoms with Gasteiger partial charge in [0.15, 0.2) is 0 Å². The van der Waals surface area contributed by atoms with Gasteiger partial charge in [-0.15, -0.1) is 0 Å². The van der Waals surface area contributed by atoms with Crippen molar-refractivity contribution in [3.05, 3.63) is 29.8 Å². The quantitative estimate of drug-likeness (QED) is 0.753. The predicted octanol–water partition coefficient (Wildman–Crippen LogP) is 0.970. The monoisotopic (exact) mass is 225 g/mol. The SMILES string of the molecule is O=S([O-])Nc1ccc([C@H]2CCNC2)cc1. The van der Waals surface area contributed by atoms with Gasteiger partial charge in [-0.3, -0.25) is 4.21 Å². The summed E-state index contributed by atoms with van der Waals surface area (Å²) in [5, 5.41) is 3.30. The molecule has 0 amide bonds. The topological polar surface area (TPSA) is 64.2 Å². The molecular weight excluding hydrogens is 212 g/mol. The molecule has 1 aliphatic rings. The number of rotatable bonds is 3. The highest BCUT2D eigenvalue weighted by molar-refractivity contribution is 7.80. The Bertz CT molecular complexity index is 347. The lowest BCUT2D eigenvalue weighted by atomic mass is 9.98. The molecule has 0 radical (unpaired) electrons. The average Bonchev–Trinajstić information content (AvgIpc) is 2.71. The van der Waals surface area contributed by atoms with Crippen molar-refractivity contribution in [1.29, 1.82) is 0 Å².